The van der Waals surface area contributed by atoms with Gasteiger partial charge in [0.15, 0.2) is 6.10 Å². The molecular weight excluding hydrogens is 450 g/mol. The van der Waals surface area contributed by atoms with Crippen molar-refractivity contribution in [3.63, 3.8) is 0 Å². The van der Waals surface area contributed by atoms with Crippen LogP contribution in [-0.2, 0) is 19.6 Å². The zero-order chi connectivity index (χ0) is 21.3. The monoisotopic (exact) mass is 467 g/mol. The summed E-state index contributed by atoms with van der Waals surface area (Å²) in [5.74, 6) is -0.152. The van der Waals surface area contributed by atoms with Gasteiger partial charge in [0.25, 0.3) is 11.8 Å². The van der Waals surface area contributed by atoms with Crippen molar-refractivity contribution < 1.29 is 22.4 Å². The van der Waals surface area contributed by atoms with Crippen molar-refractivity contribution in [3.05, 3.63) is 52.7 Å². The van der Waals surface area contributed by atoms with Crippen LogP contribution in [0.25, 0.3) is 10.8 Å². The largest absolute Gasteiger partial charge is 0.451 e. The highest BCUT2D eigenvalue weighted by Gasteiger charge is 2.41. The van der Waals surface area contributed by atoms with E-state index in [-0.39, 0.29) is 17.3 Å². The number of halogens is 1. The number of carbonyl (C=O) groups excluding carboxylic acids is 1. The minimum absolute atomic E-state index is 0.0807. The molecule has 0 amide bonds. The van der Waals surface area contributed by atoms with Gasteiger partial charge in [-0.25, -0.2) is 8.42 Å². The highest BCUT2D eigenvalue weighted by molar-refractivity contribution is 7.89. The first-order chi connectivity index (χ1) is 14.4. The Morgan fingerprint density at radius 3 is 2.77 bits per heavy atom. The van der Waals surface area contributed by atoms with Crippen molar-refractivity contribution in [3.8, 4) is 10.8 Å². The standard InChI is InChI=1S/C19H18ClN3O5S2/c1-12(17-21-22-18(28-17)16-5-3-11-29-16)27-19(24)15-4-2-10-23(15)30(25,26)14-8-6-13(20)7-9-14/h3,5-9,11-12,15H,2,4,10H2,1H3/t12-,15-/m0/s1. The molecule has 2 atom stereocenters. The average Bonchev–Trinajstić information content (AvgIpc) is 3.49. The molecule has 8 nitrogen and oxygen atoms in total. The van der Waals surface area contributed by atoms with Gasteiger partial charge in [-0.3, -0.25) is 4.79 Å². The summed E-state index contributed by atoms with van der Waals surface area (Å²) in [6, 6.07) is 8.64. The van der Waals surface area contributed by atoms with E-state index in [0.717, 1.165) is 4.88 Å². The van der Waals surface area contributed by atoms with E-state index in [9.17, 15) is 13.2 Å². The van der Waals surface area contributed by atoms with Crippen molar-refractivity contribution >= 4 is 38.9 Å². The van der Waals surface area contributed by atoms with Crippen LogP contribution in [0.2, 0.25) is 5.02 Å². The second kappa shape index (κ2) is 8.46. The predicted octanol–water partition coefficient (Wildman–Crippen LogP) is 3.91. The van der Waals surface area contributed by atoms with Crippen molar-refractivity contribution in [2.24, 2.45) is 0 Å². The molecule has 158 valence electrons. The summed E-state index contributed by atoms with van der Waals surface area (Å²) in [5.41, 5.74) is 0. The summed E-state index contributed by atoms with van der Waals surface area (Å²) in [4.78, 5) is 13.7. The molecule has 0 unspecified atom stereocenters. The van der Waals surface area contributed by atoms with E-state index in [1.165, 1.54) is 39.9 Å². The lowest BCUT2D eigenvalue weighted by Crippen LogP contribution is -2.41. The van der Waals surface area contributed by atoms with Crippen LogP contribution in [0.1, 0.15) is 31.8 Å². The smallest absolute Gasteiger partial charge is 0.325 e. The van der Waals surface area contributed by atoms with Crippen LogP contribution in [-0.4, -0.2) is 41.5 Å². The second-order valence-corrected chi connectivity index (χ2v) is 10.0. The summed E-state index contributed by atoms with van der Waals surface area (Å²) in [5, 5.41) is 10.2. The lowest BCUT2D eigenvalue weighted by atomic mass is 10.2. The van der Waals surface area contributed by atoms with E-state index < -0.39 is 28.1 Å². The van der Waals surface area contributed by atoms with Gasteiger partial charge in [0, 0.05) is 11.6 Å². The van der Waals surface area contributed by atoms with Gasteiger partial charge in [-0.15, -0.1) is 21.5 Å². The Bertz CT molecular complexity index is 1130. The highest BCUT2D eigenvalue weighted by Crippen LogP contribution is 2.30. The molecule has 0 N–H and O–H groups in total. The third-order valence-electron chi connectivity index (χ3n) is 4.71. The van der Waals surface area contributed by atoms with Crippen molar-refractivity contribution in [1.29, 1.82) is 0 Å². The maximum absolute atomic E-state index is 13.0. The zero-order valence-corrected chi connectivity index (χ0v) is 18.3. The fourth-order valence-corrected chi connectivity index (χ4v) is 5.62. The minimum Gasteiger partial charge on any atom is -0.451 e. The topological polar surface area (TPSA) is 103 Å². The molecule has 30 heavy (non-hydrogen) atoms. The maximum Gasteiger partial charge on any atom is 0.325 e. The molecule has 1 fully saturated rings. The Morgan fingerprint density at radius 2 is 2.07 bits per heavy atom. The number of carbonyl (C=O) groups is 1. The first-order valence-corrected chi connectivity index (χ1v) is 11.9. The minimum atomic E-state index is -3.85. The number of ether oxygens (including phenoxy) is 1. The number of nitrogens with zero attached hydrogens (tertiary/aromatic N) is 3. The molecule has 11 heteroatoms. The van der Waals surface area contributed by atoms with Gasteiger partial charge in [0.2, 0.25) is 10.0 Å². The van der Waals surface area contributed by atoms with Gasteiger partial charge in [0.05, 0.1) is 9.77 Å². The number of aromatic nitrogens is 2. The van der Waals surface area contributed by atoms with Gasteiger partial charge in [-0.1, -0.05) is 17.7 Å². The molecule has 0 aliphatic carbocycles. The fraction of sp³-hybridized carbons (Fsp3) is 0.316. The predicted molar refractivity (Wildman–Crippen MR) is 110 cm³/mol. The number of sulfonamides is 1. The molecule has 1 saturated heterocycles. The van der Waals surface area contributed by atoms with Crippen molar-refractivity contribution in [1.82, 2.24) is 14.5 Å². The van der Waals surface area contributed by atoms with Crippen LogP contribution < -0.4 is 0 Å². The van der Waals surface area contributed by atoms with Crippen molar-refractivity contribution in [2.45, 2.75) is 36.8 Å². The Kier molecular flexibility index (Phi) is 5.92. The lowest BCUT2D eigenvalue weighted by Gasteiger charge is -2.23. The van der Waals surface area contributed by atoms with Crippen molar-refractivity contribution in [2.75, 3.05) is 6.54 Å². The van der Waals surface area contributed by atoms with E-state index in [4.69, 9.17) is 20.8 Å². The fourth-order valence-electron chi connectivity index (χ4n) is 3.21. The summed E-state index contributed by atoms with van der Waals surface area (Å²) >= 11 is 7.30. The van der Waals surface area contributed by atoms with Gasteiger partial charge in [-0.2, -0.15) is 4.31 Å². The number of hydrogen-bond donors (Lipinski definition) is 0. The van der Waals surface area contributed by atoms with E-state index in [1.54, 1.807) is 6.92 Å². The van der Waals surface area contributed by atoms with Crippen LogP contribution in [0.15, 0.2) is 51.1 Å². The molecule has 2 aromatic heterocycles. The van der Waals surface area contributed by atoms with Gasteiger partial charge in [-0.05, 0) is 55.5 Å². The number of thiophene rings is 1. The summed E-state index contributed by atoms with van der Waals surface area (Å²) in [6.45, 7) is 1.85. The van der Waals surface area contributed by atoms with E-state index in [2.05, 4.69) is 10.2 Å². The number of benzene rings is 1. The first-order valence-electron chi connectivity index (χ1n) is 9.21. The number of hydrogen-bond acceptors (Lipinski definition) is 8. The molecule has 1 aliphatic rings. The normalized spacial score (nSPS) is 18.4. The summed E-state index contributed by atoms with van der Waals surface area (Å²) in [6.07, 6.45) is 0.131. The quantitative estimate of drug-likeness (QED) is 0.506. The van der Waals surface area contributed by atoms with Crippen LogP contribution in [0, 0.1) is 0 Å². The molecule has 0 saturated carbocycles. The lowest BCUT2D eigenvalue weighted by molar-refractivity contribution is -0.153. The third kappa shape index (κ3) is 4.13. The van der Waals surface area contributed by atoms with Gasteiger partial charge < -0.3 is 9.15 Å². The van der Waals surface area contributed by atoms with Crippen LogP contribution in [0.3, 0.4) is 0 Å². The van der Waals surface area contributed by atoms with E-state index in [0.29, 0.717) is 23.8 Å². The highest BCUT2D eigenvalue weighted by atomic mass is 35.5. The zero-order valence-electron chi connectivity index (χ0n) is 15.9. The molecule has 0 bridgehead atoms. The Morgan fingerprint density at radius 1 is 1.30 bits per heavy atom. The Labute approximate surface area is 182 Å². The van der Waals surface area contributed by atoms with E-state index >= 15 is 0 Å². The van der Waals surface area contributed by atoms with E-state index in [1.807, 2.05) is 17.5 Å². The number of rotatable bonds is 6. The average molecular weight is 468 g/mol. The van der Waals surface area contributed by atoms with Crippen LogP contribution in [0.5, 0.6) is 0 Å². The maximum atomic E-state index is 13.0. The first kappa shape index (κ1) is 21.0. The Hall–Kier alpha value is -2.27. The Balaban J connectivity index is 1.48. The molecule has 3 aromatic rings. The van der Waals surface area contributed by atoms with Crippen LogP contribution >= 0.6 is 22.9 Å². The number of esters is 1. The second-order valence-electron chi connectivity index (χ2n) is 6.73. The molecule has 3 heterocycles. The van der Waals surface area contributed by atoms with Gasteiger partial charge in [0.1, 0.15) is 6.04 Å². The van der Waals surface area contributed by atoms with Gasteiger partial charge >= 0.3 is 5.97 Å². The molecule has 0 spiro atoms. The van der Waals surface area contributed by atoms with Crippen LogP contribution in [0.4, 0.5) is 0 Å². The summed E-state index contributed by atoms with van der Waals surface area (Å²) < 4.78 is 38.2. The third-order valence-corrected chi connectivity index (χ3v) is 7.74. The molecular formula is C19H18ClN3O5S2. The molecule has 1 aromatic carbocycles. The SMILES string of the molecule is C[C@H](OC(=O)[C@@H]1CCCN1S(=O)(=O)c1ccc(Cl)cc1)c1nnc(-c2cccs2)o1. The molecule has 4 rings (SSSR count). The molecule has 0 radical (unpaired) electrons. The molecule has 1 aliphatic heterocycles. The summed E-state index contributed by atoms with van der Waals surface area (Å²) in [7, 11) is -3.85.